The van der Waals surface area contributed by atoms with Gasteiger partial charge in [-0.25, -0.2) is 9.97 Å². The number of nitrogens with zero attached hydrogens (tertiary/aromatic N) is 4. The van der Waals surface area contributed by atoms with Gasteiger partial charge in [-0.15, -0.1) is 0 Å². The van der Waals surface area contributed by atoms with Crippen LogP contribution in [0.1, 0.15) is 0 Å². The molecule has 3 heterocycles. The molecule has 3 rings (SSSR count). The van der Waals surface area contributed by atoms with Crippen molar-refractivity contribution in [3.8, 4) is 0 Å². The number of halogens is 1. The molecule has 0 fully saturated rings. The monoisotopic (exact) mass is 292 g/mol. The molecule has 0 aliphatic heterocycles. The Labute approximate surface area is 118 Å². The fourth-order valence-electron chi connectivity index (χ4n) is 1.52. The van der Waals surface area contributed by atoms with Crippen molar-refractivity contribution in [1.29, 1.82) is 0 Å². The van der Waals surface area contributed by atoms with Gasteiger partial charge < -0.3 is 5.32 Å². The number of aromatic nitrogens is 5. The number of H-pyrrole nitrogens is 1. The van der Waals surface area contributed by atoms with E-state index in [1.165, 1.54) is 11.8 Å². The van der Waals surface area contributed by atoms with Crippen molar-refractivity contribution in [2.75, 3.05) is 12.4 Å². The van der Waals surface area contributed by atoms with Crippen LogP contribution in [0.25, 0.3) is 11.0 Å². The molecule has 0 aliphatic carbocycles. The van der Waals surface area contributed by atoms with Gasteiger partial charge >= 0.3 is 0 Å². The fraction of sp³-hybridized carbons (Fsp3) is 0.0909. The van der Waals surface area contributed by atoms with E-state index in [2.05, 4.69) is 30.5 Å². The molecule has 0 aromatic carbocycles. The van der Waals surface area contributed by atoms with E-state index in [-0.39, 0.29) is 0 Å². The van der Waals surface area contributed by atoms with E-state index in [1.54, 1.807) is 25.5 Å². The van der Waals surface area contributed by atoms with Crippen LogP contribution in [0.4, 0.5) is 5.95 Å². The zero-order valence-corrected chi connectivity index (χ0v) is 11.5. The van der Waals surface area contributed by atoms with Gasteiger partial charge in [0.05, 0.1) is 16.6 Å². The van der Waals surface area contributed by atoms with Gasteiger partial charge in [-0.1, -0.05) is 11.6 Å². The van der Waals surface area contributed by atoms with E-state index >= 15 is 0 Å². The summed E-state index contributed by atoms with van der Waals surface area (Å²) < 4.78 is 0. The second-order valence-corrected chi connectivity index (χ2v) is 5.10. The van der Waals surface area contributed by atoms with Crippen LogP contribution in [-0.4, -0.2) is 32.2 Å². The zero-order chi connectivity index (χ0) is 13.2. The van der Waals surface area contributed by atoms with Gasteiger partial charge in [0, 0.05) is 13.2 Å². The first-order valence-electron chi connectivity index (χ1n) is 5.44. The van der Waals surface area contributed by atoms with E-state index in [0.29, 0.717) is 16.6 Å². The molecule has 0 amide bonds. The molecular weight excluding hydrogens is 284 g/mol. The maximum absolute atomic E-state index is 5.82. The average molecular weight is 293 g/mol. The number of nitrogens with one attached hydrogen (secondary N) is 2. The van der Waals surface area contributed by atoms with Gasteiger partial charge in [-0.2, -0.15) is 10.1 Å². The molecule has 8 heteroatoms. The van der Waals surface area contributed by atoms with Gasteiger partial charge in [0.2, 0.25) is 5.95 Å². The Hall–Kier alpha value is -1.86. The van der Waals surface area contributed by atoms with Crippen LogP contribution in [0.15, 0.2) is 34.6 Å². The summed E-state index contributed by atoms with van der Waals surface area (Å²) in [7, 11) is 1.77. The molecule has 19 heavy (non-hydrogen) atoms. The summed E-state index contributed by atoms with van der Waals surface area (Å²) in [5.74, 6) is 0.535. The Morgan fingerprint density at radius 3 is 2.89 bits per heavy atom. The Bertz CT molecular complexity index is 711. The second-order valence-electron chi connectivity index (χ2n) is 3.65. The van der Waals surface area contributed by atoms with Gasteiger partial charge in [-0.05, 0) is 23.9 Å². The quantitative estimate of drug-likeness (QED) is 0.722. The number of pyridine rings is 1. The molecule has 3 aromatic heterocycles. The largest absolute Gasteiger partial charge is 0.357 e. The molecule has 0 atom stereocenters. The summed E-state index contributed by atoms with van der Waals surface area (Å²) in [6.45, 7) is 0. The minimum Gasteiger partial charge on any atom is -0.357 e. The first-order chi connectivity index (χ1) is 9.26. The summed E-state index contributed by atoms with van der Waals surface area (Å²) in [6, 6.07) is 3.64. The molecule has 0 saturated heterocycles. The molecule has 2 N–H and O–H groups in total. The summed E-state index contributed by atoms with van der Waals surface area (Å²) in [4.78, 5) is 12.9. The van der Waals surface area contributed by atoms with Crippen molar-refractivity contribution in [3.63, 3.8) is 0 Å². The van der Waals surface area contributed by atoms with E-state index in [1.807, 2.05) is 6.07 Å². The van der Waals surface area contributed by atoms with Crippen molar-refractivity contribution < 1.29 is 0 Å². The Morgan fingerprint density at radius 1 is 1.26 bits per heavy atom. The normalized spacial score (nSPS) is 10.8. The van der Waals surface area contributed by atoms with Gasteiger partial charge in [-0.3, -0.25) is 5.10 Å². The lowest BCUT2D eigenvalue weighted by atomic mass is 10.4. The molecule has 96 valence electrons. The average Bonchev–Trinajstić information content (AvgIpc) is 2.89. The minimum absolute atomic E-state index is 0.535. The third-order valence-electron chi connectivity index (χ3n) is 2.40. The van der Waals surface area contributed by atoms with Gasteiger partial charge in [0.1, 0.15) is 10.1 Å². The Balaban J connectivity index is 2.03. The predicted molar refractivity (Wildman–Crippen MR) is 74.6 cm³/mol. The predicted octanol–water partition coefficient (Wildman–Crippen LogP) is 2.59. The first-order valence-corrected chi connectivity index (χ1v) is 6.64. The molecular formula is C11H9ClN6S. The van der Waals surface area contributed by atoms with Crippen molar-refractivity contribution in [1.82, 2.24) is 25.1 Å². The summed E-state index contributed by atoms with van der Waals surface area (Å²) in [5, 5.41) is 12.8. The number of fused-ring (bicyclic) bond motifs is 1. The molecule has 0 aliphatic rings. The van der Waals surface area contributed by atoms with Crippen LogP contribution in [0.2, 0.25) is 5.02 Å². The number of aromatic amines is 1. The Morgan fingerprint density at radius 2 is 2.16 bits per heavy atom. The molecule has 0 unspecified atom stereocenters. The van der Waals surface area contributed by atoms with E-state index in [9.17, 15) is 0 Å². The smallest absolute Gasteiger partial charge is 0.225 e. The number of hydrogen-bond donors (Lipinski definition) is 2. The summed E-state index contributed by atoms with van der Waals surface area (Å²) in [6.07, 6.45) is 3.31. The van der Waals surface area contributed by atoms with Crippen molar-refractivity contribution in [2.45, 2.75) is 10.1 Å². The standard InChI is InChI=1S/C11H9ClN6S/c1-13-11-16-9-7(5-15-18-9)10(17-11)19-8-3-2-6(12)4-14-8/h2-5H,1H3,(H2,13,15,16,17,18). The fourth-order valence-corrected chi connectivity index (χ4v) is 2.46. The third kappa shape index (κ3) is 2.47. The highest BCUT2D eigenvalue weighted by molar-refractivity contribution is 7.99. The number of rotatable bonds is 3. The van der Waals surface area contributed by atoms with Crippen LogP contribution >= 0.6 is 23.4 Å². The maximum Gasteiger partial charge on any atom is 0.225 e. The third-order valence-corrected chi connectivity index (χ3v) is 3.58. The molecule has 0 radical (unpaired) electrons. The summed E-state index contributed by atoms with van der Waals surface area (Å²) >= 11 is 7.26. The van der Waals surface area contributed by atoms with Crippen LogP contribution in [0, 0.1) is 0 Å². The second kappa shape index (κ2) is 5.02. The zero-order valence-electron chi connectivity index (χ0n) is 9.88. The highest BCUT2D eigenvalue weighted by atomic mass is 35.5. The lowest BCUT2D eigenvalue weighted by molar-refractivity contribution is 1.06. The summed E-state index contributed by atoms with van der Waals surface area (Å²) in [5.41, 5.74) is 0.691. The molecule has 0 spiro atoms. The van der Waals surface area contributed by atoms with Crippen LogP contribution < -0.4 is 5.32 Å². The Kier molecular flexibility index (Phi) is 3.22. The van der Waals surface area contributed by atoms with Crippen molar-refractivity contribution in [2.24, 2.45) is 0 Å². The van der Waals surface area contributed by atoms with Crippen molar-refractivity contribution >= 4 is 40.3 Å². The van der Waals surface area contributed by atoms with Crippen molar-refractivity contribution in [3.05, 3.63) is 29.5 Å². The SMILES string of the molecule is CNc1nc(Sc2ccc(Cl)cn2)c2cn[nH]c2n1. The topological polar surface area (TPSA) is 79.4 Å². The number of anilines is 1. The van der Waals surface area contributed by atoms with E-state index in [0.717, 1.165) is 15.4 Å². The lowest BCUT2D eigenvalue weighted by Gasteiger charge is -2.04. The van der Waals surface area contributed by atoms with Crippen LogP contribution in [-0.2, 0) is 0 Å². The van der Waals surface area contributed by atoms with Crippen LogP contribution in [0.5, 0.6) is 0 Å². The van der Waals surface area contributed by atoms with E-state index < -0.39 is 0 Å². The molecule has 3 aromatic rings. The first kappa shape index (κ1) is 12.2. The highest BCUT2D eigenvalue weighted by Gasteiger charge is 2.10. The highest BCUT2D eigenvalue weighted by Crippen LogP contribution is 2.30. The van der Waals surface area contributed by atoms with Gasteiger partial charge in [0.15, 0.2) is 5.65 Å². The van der Waals surface area contributed by atoms with Gasteiger partial charge in [0.25, 0.3) is 0 Å². The molecule has 0 bridgehead atoms. The maximum atomic E-state index is 5.82. The number of hydrogen-bond acceptors (Lipinski definition) is 6. The van der Waals surface area contributed by atoms with Crippen LogP contribution in [0.3, 0.4) is 0 Å². The minimum atomic E-state index is 0.535. The lowest BCUT2D eigenvalue weighted by Crippen LogP contribution is -1.98. The van der Waals surface area contributed by atoms with E-state index in [4.69, 9.17) is 11.6 Å². The molecule has 6 nitrogen and oxygen atoms in total. The molecule has 0 saturated carbocycles.